The lowest BCUT2D eigenvalue weighted by atomic mass is 10.2. The summed E-state index contributed by atoms with van der Waals surface area (Å²) in [5, 5.41) is 12.7. The molecule has 0 saturated carbocycles. The molecule has 5 nitrogen and oxygen atoms in total. The Labute approximate surface area is 91.0 Å². The van der Waals surface area contributed by atoms with Gasteiger partial charge in [-0.15, -0.1) is 10.2 Å². The Morgan fingerprint density at radius 3 is 3.13 bits per heavy atom. The van der Waals surface area contributed by atoms with E-state index in [1.54, 1.807) is 16.6 Å². The molecule has 2 aromatic heterocycles. The normalized spacial score (nSPS) is 21.3. The van der Waals surface area contributed by atoms with Gasteiger partial charge >= 0.3 is 0 Å². The van der Waals surface area contributed by atoms with Crippen molar-refractivity contribution in [1.82, 2.24) is 19.8 Å². The second-order valence-corrected chi connectivity index (χ2v) is 3.87. The molecule has 1 aliphatic rings. The molecule has 0 aromatic carbocycles. The molecule has 0 spiro atoms. The molecular formula is C9H9ClN4O. The van der Waals surface area contributed by atoms with Crippen molar-refractivity contribution < 1.29 is 4.74 Å². The minimum atomic E-state index is 0.00552. The summed E-state index contributed by atoms with van der Waals surface area (Å²) in [6.45, 7) is 0.778. The van der Waals surface area contributed by atoms with Gasteiger partial charge in [0.05, 0.1) is 0 Å². The minimum absolute atomic E-state index is 0.00552. The fourth-order valence-corrected chi connectivity index (χ4v) is 1.90. The zero-order valence-electron chi connectivity index (χ0n) is 7.93. The van der Waals surface area contributed by atoms with E-state index in [1.165, 1.54) is 0 Å². The first-order valence-electron chi connectivity index (χ1n) is 4.84. The van der Waals surface area contributed by atoms with Gasteiger partial charge in [0, 0.05) is 6.61 Å². The van der Waals surface area contributed by atoms with Crippen LogP contribution in [0.4, 0.5) is 0 Å². The third-order valence-corrected chi connectivity index (χ3v) is 2.67. The highest BCUT2D eigenvalue weighted by Crippen LogP contribution is 2.27. The Balaban J connectivity index is 2.13. The van der Waals surface area contributed by atoms with Gasteiger partial charge in [-0.05, 0) is 25.0 Å². The molecule has 0 bridgehead atoms. The smallest absolute Gasteiger partial charge is 0.183 e. The van der Waals surface area contributed by atoms with Gasteiger partial charge in [-0.1, -0.05) is 11.6 Å². The lowest BCUT2D eigenvalue weighted by Gasteiger charge is -2.05. The van der Waals surface area contributed by atoms with Gasteiger partial charge in [-0.2, -0.15) is 9.61 Å². The monoisotopic (exact) mass is 224 g/mol. The fraction of sp³-hybridized carbons (Fsp3) is 0.444. The average Bonchev–Trinajstić information content (AvgIpc) is 2.83. The summed E-state index contributed by atoms with van der Waals surface area (Å²) in [5.74, 6) is 0.741. The maximum Gasteiger partial charge on any atom is 0.183 e. The minimum Gasteiger partial charge on any atom is -0.370 e. The van der Waals surface area contributed by atoms with Crippen LogP contribution >= 0.6 is 11.6 Å². The summed E-state index contributed by atoms with van der Waals surface area (Å²) in [5.41, 5.74) is 0.699. The van der Waals surface area contributed by atoms with E-state index in [4.69, 9.17) is 16.3 Å². The van der Waals surface area contributed by atoms with Gasteiger partial charge in [-0.3, -0.25) is 0 Å². The number of nitrogens with zero attached hydrogens (tertiary/aromatic N) is 4. The lowest BCUT2D eigenvalue weighted by molar-refractivity contribution is 0.103. The summed E-state index contributed by atoms with van der Waals surface area (Å²) in [6.07, 6.45) is 2.03. The second-order valence-electron chi connectivity index (χ2n) is 3.49. The van der Waals surface area contributed by atoms with Crippen molar-refractivity contribution in [1.29, 1.82) is 0 Å². The van der Waals surface area contributed by atoms with E-state index >= 15 is 0 Å². The Morgan fingerprint density at radius 1 is 1.40 bits per heavy atom. The van der Waals surface area contributed by atoms with Crippen molar-refractivity contribution in [3.05, 3.63) is 23.1 Å². The summed E-state index contributed by atoms with van der Waals surface area (Å²) in [7, 11) is 0. The van der Waals surface area contributed by atoms with Crippen LogP contribution in [0.25, 0.3) is 5.65 Å². The van der Waals surface area contributed by atoms with Crippen molar-refractivity contribution in [2.75, 3.05) is 6.61 Å². The number of hydrogen-bond acceptors (Lipinski definition) is 4. The highest BCUT2D eigenvalue weighted by molar-refractivity contribution is 6.29. The van der Waals surface area contributed by atoms with Crippen molar-refractivity contribution >= 4 is 17.2 Å². The van der Waals surface area contributed by atoms with Crippen LogP contribution in [0.5, 0.6) is 0 Å². The molecular weight excluding hydrogens is 216 g/mol. The van der Waals surface area contributed by atoms with E-state index in [9.17, 15) is 0 Å². The zero-order valence-corrected chi connectivity index (χ0v) is 8.68. The number of halogens is 1. The van der Waals surface area contributed by atoms with E-state index in [2.05, 4.69) is 15.3 Å². The SMILES string of the molecule is Clc1ccc2nnc(C3CCCO3)n2n1. The van der Waals surface area contributed by atoms with Crippen molar-refractivity contribution in [3.8, 4) is 0 Å². The van der Waals surface area contributed by atoms with E-state index in [1.807, 2.05) is 0 Å². The summed E-state index contributed by atoms with van der Waals surface area (Å²) >= 11 is 5.83. The first-order chi connectivity index (χ1) is 7.34. The van der Waals surface area contributed by atoms with Crippen LogP contribution in [0.2, 0.25) is 5.15 Å². The quantitative estimate of drug-likeness (QED) is 0.739. The van der Waals surface area contributed by atoms with Gasteiger partial charge in [0.15, 0.2) is 11.5 Å². The molecule has 3 rings (SSSR count). The number of fused-ring (bicyclic) bond motifs is 1. The first-order valence-corrected chi connectivity index (χ1v) is 5.22. The van der Waals surface area contributed by atoms with Crippen LogP contribution in [0.15, 0.2) is 12.1 Å². The molecule has 0 amide bonds. The molecule has 0 N–H and O–H groups in total. The molecule has 1 atom stereocenters. The second kappa shape index (κ2) is 3.43. The Kier molecular flexibility index (Phi) is 2.07. The van der Waals surface area contributed by atoms with Gasteiger partial charge in [0.2, 0.25) is 0 Å². The third kappa shape index (κ3) is 1.48. The summed E-state index contributed by atoms with van der Waals surface area (Å²) in [4.78, 5) is 0. The number of hydrogen-bond donors (Lipinski definition) is 0. The predicted octanol–water partition coefficient (Wildman–Crippen LogP) is 1.63. The molecule has 2 aromatic rings. The Hall–Kier alpha value is -1.20. The molecule has 78 valence electrons. The van der Waals surface area contributed by atoms with E-state index < -0.39 is 0 Å². The Bertz CT molecular complexity index is 492. The van der Waals surface area contributed by atoms with Crippen LogP contribution in [-0.2, 0) is 4.74 Å². The number of ether oxygens (including phenoxy) is 1. The lowest BCUT2D eigenvalue weighted by Crippen LogP contribution is -2.04. The molecule has 1 saturated heterocycles. The predicted molar refractivity (Wildman–Crippen MR) is 53.7 cm³/mol. The molecule has 15 heavy (non-hydrogen) atoms. The highest BCUT2D eigenvalue weighted by Gasteiger charge is 2.23. The van der Waals surface area contributed by atoms with Crippen LogP contribution in [-0.4, -0.2) is 26.4 Å². The maximum absolute atomic E-state index is 5.83. The van der Waals surface area contributed by atoms with E-state index in [0.29, 0.717) is 10.8 Å². The number of rotatable bonds is 1. The van der Waals surface area contributed by atoms with Crippen LogP contribution in [0.1, 0.15) is 24.8 Å². The molecule has 0 radical (unpaired) electrons. The third-order valence-electron chi connectivity index (χ3n) is 2.47. The van der Waals surface area contributed by atoms with Gasteiger partial charge < -0.3 is 4.74 Å². The average molecular weight is 225 g/mol. The van der Waals surface area contributed by atoms with Crippen LogP contribution in [0.3, 0.4) is 0 Å². The Morgan fingerprint density at radius 2 is 2.33 bits per heavy atom. The topological polar surface area (TPSA) is 52.3 Å². The van der Waals surface area contributed by atoms with Crippen molar-refractivity contribution in [2.45, 2.75) is 18.9 Å². The fourth-order valence-electron chi connectivity index (χ4n) is 1.77. The molecule has 0 aliphatic carbocycles. The van der Waals surface area contributed by atoms with Crippen LogP contribution < -0.4 is 0 Å². The van der Waals surface area contributed by atoms with E-state index in [-0.39, 0.29) is 6.10 Å². The van der Waals surface area contributed by atoms with Crippen LogP contribution in [0, 0.1) is 0 Å². The molecule has 1 unspecified atom stereocenters. The van der Waals surface area contributed by atoms with Gasteiger partial charge in [0.25, 0.3) is 0 Å². The zero-order chi connectivity index (χ0) is 10.3. The molecule has 1 fully saturated rings. The molecule has 1 aliphatic heterocycles. The number of aromatic nitrogens is 4. The summed E-state index contributed by atoms with van der Waals surface area (Å²) < 4.78 is 7.19. The first kappa shape index (κ1) is 9.06. The van der Waals surface area contributed by atoms with Gasteiger partial charge in [-0.25, -0.2) is 0 Å². The maximum atomic E-state index is 5.83. The largest absolute Gasteiger partial charge is 0.370 e. The van der Waals surface area contributed by atoms with Crippen molar-refractivity contribution in [3.63, 3.8) is 0 Å². The van der Waals surface area contributed by atoms with E-state index in [0.717, 1.165) is 25.3 Å². The molecule has 3 heterocycles. The molecule has 6 heteroatoms. The summed E-state index contributed by atoms with van der Waals surface area (Å²) in [6, 6.07) is 3.49. The highest BCUT2D eigenvalue weighted by atomic mass is 35.5. The van der Waals surface area contributed by atoms with Gasteiger partial charge in [0.1, 0.15) is 11.3 Å². The van der Waals surface area contributed by atoms with Crippen molar-refractivity contribution in [2.24, 2.45) is 0 Å². The standard InChI is InChI=1S/C9H9ClN4O/c10-7-3-4-8-11-12-9(14(8)13-7)6-2-1-5-15-6/h3-4,6H,1-2,5H2.